The van der Waals surface area contributed by atoms with Crippen molar-refractivity contribution in [3.8, 4) is 0 Å². The van der Waals surface area contributed by atoms with Crippen LogP contribution in [0.2, 0.25) is 0 Å². The third-order valence-electron chi connectivity index (χ3n) is 2.80. The molecule has 2 rings (SSSR count). The third-order valence-corrected chi connectivity index (χ3v) is 2.80. The lowest BCUT2D eigenvalue weighted by Gasteiger charge is -2.08. The van der Waals surface area contributed by atoms with E-state index in [0.29, 0.717) is 11.9 Å². The molecule has 94 valence electrons. The Labute approximate surface area is 106 Å². The molecule has 1 aromatic carbocycles. The Hall–Kier alpha value is -2.17. The highest BCUT2D eigenvalue weighted by Gasteiger charge is 2.06. The Morgan fingerprint density at radius 3 is 2.56 bits per heavy atom. The van der Waals surface area contributed by atoms with Crippen LogP contribution < -0.4 is 11.5 Å². The molecule has 0 aliphatic rings. The van der Waals surface area contributed by atoms with Crippen molar-refractivity contribution in [2.45, 2.75) is 26.7 Å². The van der Waals surface area contributed by atoms with Crippen molar-refractivity contribution in [1.82, 2.24) is 9.97 Å². The molecule has 0 saturated heterocycles. The number of aryl methyl sites for hydroxylation is 1. The number of nitrogens with zero attached hydrogens (tertiary/aromatic N) is 3. The van der Waals surface area contributed by atoms with Gasteiger partial charge in [-0.2, -0.15) is 4.99 Å². The maximum Gasteiger partial charge on any atom is 0.253 e. The molecule has 1 aromatic heterocycles. The summed E-state index contributed by atoms with van der Waals surface area (Å²) < 4.78 is 0. The van der Waals surface area contributed by atoms with Gasteiger partial charge in [-0.05, 0) is 24.5 Å². The summed E-state index contributed by atoms with van der Waals surface area (Å²) in [5.74, 6) is 0.728. The largest absolute Gasteiger partial charge is 0.370 e. The van der Waals surface area contributed by atoms with Crippen LogP contribution in [0, 0.1) is 6.92 Å². The van der Waals surface area contributed by atoms with Gasteiger partial charge in [-0.15, -0.1) is 0 Å². The first-order valence-corrected chi connectivity index (χ1v) is 5.85. The van der Waals surface area contributed by atoms with Gasteiger partial charge in [0.05, 0.1) is 11.2 Å². The molecular formula is C13H17N5. The fourth-order valence-electron chi connectivity index (χ4n) is 1.81. The monoisotopic (exact) mass is 243 g/mol. The van der Waals surface area contributed by atoms with Crippen molar-refractivity contribution in [2.24, 2.45) is 16.5 Å². The molecule has 5 nitrogen and oxygen atoms in total. The van der Waals surface area contributed by atoms with E-state index in [0.717, 1.165) is 16.6 Å². The van der Waals surface area contributed by atoms with Crippen molar-refractivity contribution in [3.05, 3.63) is 29.5 Å². The first kappa shape index (κ1) is 12.3. The molecule has 5 heteroatoms. The standard InChI is InChI=1S/C13H17N5/c1-7(2)9-4-5-10-8(3)16-13(18-12(14)15)17-11(10)6-9/h4-7H,1-3H3,(H4,14,15,16,17,18). The van der Waals surface area contributed by atoms with Gasteiger partial charge in [-0.1, -0.05) is 26.0 Å². The molecule has 0 bridgehead atoms. The van der Waals surface area contributed by atoms with Gasteiger partial charge in [0.1, 0.15) is 0 Å². The van der Waals surface area contributed by atoms with Crippen LogP contribution in [-0.2, 0) is 0 Å². The second kappa shape index (κ2) is 4.60. The lowest BCUT2D eigenvalue weighted by atomic mass is 10.0. The average Bonchev–Trinajstić information content (AvgIpc) is 2.27. The van der Waals surface area contributed by atoms with E-state index in [1.54, 1.807) is 0 Å². The highest BCUT2D eigenvalue weighted by molar-refractivity contribution is 5.83. The summed E-state index contributed by atoms with van der Waals surface area (Å²) in [5, 5.41) is 1.02. The summed E-state index contributed by atoms with van der Waals surface area (Å²) in [4.78, 5) is 12.5. The molecule has 0 aliphatic heterocycles. The zero-order valence-corrected chi connectivity index (χ0v) is 10.8. The van der Waals surface area contributed by atoms with E-state index in [2.05, 4.69) is 40.9 Å². The van der Waals surface area contributed by atoms with Gasteiger partial charge in [-0.25, -0.2) is 9.97 Å². The molecule has 0 unspecified atom stereocenters. The van der Waals surface area contributed by atoms with Gasteiger partial charge in [-0.3, -0.25) is 0 Å². The van der Waals surface area contributed by atoms with E-state index in [-0.39, 0.29) is 5.96 Å². The molecule has 0 spiro atoms. The Kier molecular flexibility index (Phi) is 3.14. The van der Waals surface area contributed by atoms with E-state index in [4.69, 9.17) is 11.5 Å². The molecule has 0 fully saturated rings. The van der Waals surface area contributed by atoms with Crippen LogP contribution in [0.25, 0.3) is 10.9 Å². The number of hydrogen-bond donors (Lipinski definition) is 2. The van der Waals surface area contributed by atoms with E-state index >= 15 is 0 Å². The average molecular weight is 243 g/mol. The molecule has 0 saturated carbocycles. The second-order valence-electron chi connectivity index (χ2n) is 4.58. The molecule has 0 aliphatic carbocycles. The smallest absolute Gasteiger partial charge is 0.253 e. The molecule has 0 amide bonds. The predicted octanol–water partition coefficient (Wildman–Crippen LogP) is 1.97. The molecule has 18 heavy (non-hydrogen) atoms. The van der Waals surface area contributed by atoms with Crippen LogP contribution in [0.5, 0.6) is 0 Å². The molecule has 4 N–H and O–H groups in total. The Morgan fingerprint density at radius 1 is 1.22 bits per heavy atom. The lowest BCUT2D eigenvalue weighted by Crippen LogP contribution is -2.22. The van der Waals surface area contributed by atoms with Crippen LogP contribution >= 0.6 is 0 Å². The summed E-state index contributed by atoms with van der Waals surface area (Å²) in [7, 11) is 0. The maximum absolute atomic E-state index is 5.34. The van der Waals surface area contributed by atoms with Gasteiger partial charge in [0, 0.05) is 5.39 Å². The normalized spacial score (nSPS) is 10.9. The van der Waals surface area contributed by atoms with E-state index in [9.17, 15) is 0 Å². The molecular weight excluding hydrogens is 226 g/mol. The number of hydrogen-bond acceptors (Lipinski definition) is 3. The summed E-state index contributed by atoms with van der Waals surface area (Å²) in [6.45, 7) is 6.21. The van der Waals surface area contributed by atoms with Gasteiger partial charge >= 0.3 is 0 Å². The third kappa shape index (κ3) is 2.40. The van der Waals surface area contributed by atoms with Gasteiger partial charge in [0.2, 0.25) is 0 Å². The first-order valence-electron chi connectivity index (χ1n) is 5.85. The van der Waals surface area contributed by atoms with Gasteiger partial charge < -0.3 is 11.5 Å². The van der Waals surface area contributed by atoms with Crippen molar-refractivity contribution < 1.29 is 0 Å². The fourth-order valence-corrected chi connectivity index (χ4v) is 1.81. The van der Waals surface area contributed by atoms with Crippen molar-refractivity contribution in [2.75, 3.05) is 0 Å². The Morgan fingerprint density at radius 2 is 1.94 bits per heavy atom. The summed E-state index contributed by atoms with van der Waals surface area (Å²) in [5.41, 5.74) is 13.7. The van der Waals surface area contributed by atoms with E-state index < -0.39 is 0 Å². The van der Waals surface area contributed by atoms with Crippen LogP contribution in [0.15, 0.2) is 23.2 Å². The van der Waals surface area contributed by atoms with Crippen LogP contribution in [0.1, 0.15) is 31.0 Å². The van der Waals surface area contributed by atoms with Gasteiger partial charge in [0.15, 0.2) is 5.96 Å². The van der Waals surface area contributed by atoms with Crippen LogP contribution in [0.3, 0.4) is 0 Å². The minimum Gasteiger partial charge on any atom is -0.370 e. The fraction of sp³-hybridized carbons (Fsp3) is 0.308. The molecule has 0 radical (unpaired) electrons. The molecule has 0 atom stereocenters. The number of aromatic nitrogens is 2. The maximum atomic E-state index is 5.34. The van der Waals surface area contributed by atoms with Crippen molar-refractivity contribution in [1.29, 1.82) is 0 Å². The van der Waals surface area contributed by atoms with Gasteiger partial charge in [0.25, 0.3) is 5.95 Å². The lowest BCUT2D eigenvalue weighted by molar-refractivity contribution is 0.868. The number of benzene rings is 1. The predicted molar refractivity (Wildman–Crippen MR) is 73.8 cm³/mol. The van der Waals surface area contributed by atoms with Crippen LogP contribution in [0.4, 0.5) is 5.95 Å². The zero-order valence-electron chi connectivity index (χ0n) is 10.8. The quantitative estimate of drug-likeness (QED) is 0.623. The van der Waals surface area contributed by atoms with Crippen molar-refractivity contribution >= 4 is 22.8 Å². The second-order valence-corrected chi connectivity index (χ2v) is 4.58. The Balaban J connectivity index is 2.65. The minimum absolute atomic E-state index is 0.0336. The number of guanidine groups is 1. The van der Waals surface area contributed by atoms with Crippen LogP contribution in [-0.4, -0.2) is 15.9 Å². The highest BCUT2D eigenvalue weighted by Crippen LogP contribution is 2.23. The number of rotatable bonds is 2. The Bertz CT molecular complexity index is 612. The van der Waals surface area contributed by atoms with Crippen molar-refractivity contribution in [3.63, 3.8) is 0 Å². The molecule has 1 heterocycles. The topological polar surface area (TPSA) is 90.2 Å². The molecule has 2 aromatic rings. The first-order chi connectivity index (χ1) is 8.47. The van der Waals surface area contributed by atoms with E-state index in [1.165, 1.54) is 5.56 Å². The number of fused-ring (bicyclic) bond motifs is 1. The summed E-state index contributed by atoms with van der Waals surface area (Å²) in [6, 6.07) is 6.20. The zero-order chi connectivity index (χ0) is 13.3. The summed E-state index contributed by atoms with van der Waals surface area (Å²) in [6.07, 6.45) is 0. The SMILES string of the molecule is Cc1nc(N=C(N)N)nc2cc(C(C)C)ccc12. The highest BCUT2D eigenvalue weighted by atomic mass is 15.1. The van der Waals surface area contributed by atoms with E-state index in [1.807, 2.05) is 13.0 Å². The number of nitrogens with two attached hydrogens (primary N) is 2. The minimum atomic E-state index is -0.0336. The number of aliphatic imine (C=N–C) groups is 1. The summed E-state index contributed by atoms with van der Waals surface area (Å²) >= 11 is 0.